The van der Waals surface area contributed by atoms with Crippen LogP contribution in [0.4, 0.5) is 0 Å². The third kappa shape index (κ3) is 3.95. The Morgan fingerprint density at radius 1 is 1.04 bits per heavy atom. The maximum absolute atomic E-state index is 9.76. The molecule has 0 aliphatic carbocycles. The van der Waals surface area contributed by atoms with E-state index in [-0.39, 0.29) is 6.10 Å². The molecular formula is C22H23NO5. The summed E-state index contributed by atoms with van der Waals surface area (Å²) in [5.74, 6) is -0.607. The molecule has 2 saturated heterocycles. The third-order valence-electron chi connectivity index (χ3n) is 5.08. The minimum Gasteiger partial charge on any atom is -0.369 e. The van der Waals surface area contributed by atoms with E-state index in [9.17, 15) is 5.26 Å². The van der Waals surface area contributed by atoms with Crippen molar-refractivity contribution in [1.82, 2.24) is 0 Å². The highest BCUT2D eigenvalue weighted by Crippen LogP contribution is 2.38. The number of methoxy groups -OCH3 is 1. The molecule has 2 heterocycles. The lowest BCUT2D eigenvalue weighted by Gasteiger charge is -2.47. The minimum atomic E-state index is -0.688. The first-order chi connectivity index (χ1) is 13.8. The second kappa shape index (κ2) is 8.82. The third-order valence-corrected chi connectivity index (χ3v) is 5.08. The largest absolute Gasteiger partial charge is 0.369 e. The summed E-state index contributed by atoms with van der Waals surface area (Å²) in [7, 11) is 1.53. The van der Waals surface area contributed by atoms with Crippen molar-refractivity contribution < 1.29 is 23.7 Å². The average molecular weight is 381 g/mol. The van der Waals surface area contributed by atoms with Gasteiger partial charge in [-0.25, -0.2) is 0 Å². The molecule has 6 heteroatoms. The van der Waals surface area contributed by atoms with Crippen LogP contribution in [0.3, 0.4) is 0 Å². The zero-order valence-electron chi connectivity index (χ0n) is 15.6. The lowest BCUT2D eigenvalue weighted by molar-refractivity contribution is -0.350. The van der Waals surface area contributed by atoms with Crippen molar-refractivity contribution in [3.63, 3.8) is 0 Å². The Hall–Kier alpha value is -2.27. The maximum Gasteiger partial charge on any atom is 0.184 e. The van der Waals surface area contributed by atoms with E-state index in [4.69, 9.17) is 23.7 Å². The van der Waals surface area contributed by atoms with Crippen LogP contribution in [0.1, 0.15) is 17.4 Å². The topological polar surface area (TPSA) is 69.9 Å². The lowest BCUT2D eigenvalue weighted by atomic mass is 9.91. The van der Waals surface area contributed by atoms with Gasteiger partial charge >= 0.3 is 0 Å². The zero-order chi connectivity index (χ0) is 19.3. The first kappa shape index (κ1) is 19.1. The number of ether oxygens (including phenoxy) is 5. The van der Waals surface area contributed by atoms with Gasteiger partial charge in [-0.05, 0) is 5.56 Å². The molecule has 2 fully saturated rings. The number of fused-ring (bicyclic) bond motifs is 1. The predicted molar refractivity (Wildman–Crippen MR) is 99.8 cm³/mol. The predicted octanol–water partition coefficient (Wildman–Crippen LogP) is 3.20. The Kier molecular flexibility index (Phi) is 6.01. The molecule has 0 spiro atoms. The van der Waals surface area contributed by atoms with E-state index in [0.29, 0.717) is 13.2 Å². The van der Waals surface area contributed by atoms with Gasteiger partial charge in [0, 0.05) is 12.7 Å². The Balaban J connectivity index is 1.55. The molecule has 2 aliphatic rings. The van der Waals surface area contributed by atoms with E-state index in [1.807, 2.05) is 60.7 Å². The average Bonchev–Trinajstić information content (AvgIpc) is 2.77. The van der Waals surface area contributed by atoms with Gasteiger partial charge in [0.2, 0.25) is 0 Å². The molecule has 0 N–H and O–H groups in total. The van der Waals surface area contributed by atoms with Crippen LogP contribution >= 0.6 is 0 Å². The van der Waals surface area contributed by atoms with Gasteiger partial charge in [0.25, 0.3) is 0 Å². The van der Waals surface area contributed by atoms with Gasteiger partial charge in [-0.3, -0.25) is 0 Å². The molecular weight excluding hydrogens is 358 g/mol. The van der Waals surface area contributed by atoms with Gasteiger partial charge in [-0.15, -0.1) is 0 Å². The number of nitriles is 1. The first-order valence-corrected chi connectivity index (χ1v) is 9.35. The molecule has 6 nitrogen and oxygen atoms in total. The normalized spacial score (nSPS) is 32.3. The van der Waals surface area contributed by atoms with Gasteiger partial charge in [0.15, 0.2) is 12.6 Å². The molecule has 0 radical (unpaired) electrons. The zero-order valence-corrected chi connectivity index (χ0v) is 15.6. The quantitative estimate of drug-likeness (QED) is 0.792. The van der Waals surface area contributed by atoms with Gasteiger partial charge in [-0.1, -0.05) is 60.7 Å². The highest BCUT2D eigenvalue weighted by molar-refractivity contribution is 5.17. The van der Waals surface area contributed by atoms with Crippen molar-refractivity contribution in [3.05, 3.63) is 71.8 Å². The molecule has 1 unspecified atom stereocenters. The summed E-state index contributed by atoms with van der Waals surface area (Å²) < 4.78 is 29.6. The van der Waals surface area contributed by atoms with Crippen LogP contribution in [-0.2, 0) is 30.3 Å². The molecule has 0 aromatic heterocycles. The van der Waals surface area contributed by atoms with Crippen LogP contribution in [0.2, 0.25) is 0 Å². The summed E-state index contributed by atoms with van der Waals surface area (Å²) in [5, 5.41) is 9.76. The van der Waals surface area contributed by atoms with E-state index in [2.05, 4.69) is 6.07 Å². The molecule has 2 aromatic rings. The van der Waals surface area contributed by atoms with Crippen molar-refractivity contribution in [2.24, 2.45) is 5.92 Å². The Morgan fingerprint density at radius 3 is 2.43 bits per heavy atom. The van der Waals surface area contributed by atoms with E-state index in [1.54, 1.807) is 0 Å². The Labute approximate surface area is 164 Å². The summed E-state index contributed by atoms with van der Waals surface area (Å²) >= 11 is 0. The smallest absolute Gasteiger partial charge is 0.184 e. The van der Waals surface area contributed by atoms with E-state index < -0.39 is 30.7 Å². The molecule has 146 valence electrons. The Morgan fingerprint density at radius 2 is 1.75 bits per heavy atom. The minimum absolute atomic E-state index is 0.341. The molecule has 28 heavy (non-hydrogen) atoms. The van der Waals surface area contributed by atoms with Gasteiger partial charge in [-0.2, -0.15) is 5.26 Å². The van der Waals surface area contributed by atoms with Crippen molar-refractivity contribution >= 4 is 0 Å². The summed E-state index contributed by atoms with van der Waals surface area (Å²) in [6, 6.07) is 21.9. The molecule has 0 bridgehead atoms. The second-order valence-electron chi connectivity index (χ2n) is 6.87. The highest BCUT2D eigenvalue weighted by Gasteiger charge is 2.51. The molecule has 0 amide bonds. The number of benzene rings is 2. The van der Waals surface area contributed by atoms with Gasteiger partial charge in [0.05, 0.1) is 19.3 Å². The van der Waals surface area contributed by atoms with Crippen molar-refractivity contribution in [2.75, 3.05) is 13.7 Å². The maximum atomic E-state index is 9.76. The summed E-state index contributed by atoms with van der Waals surface area (Å²) in [4.78, 5) is 0. The fraction of sp³-hybridized carbons (Fsp3) is 0.409. The SMILES string of the molecule is CO[C@H]1O[C@@H]2COC(c3ccccc3)O[C@H]2[C@@H](OCc2ccccc2)[C@@H]1C#N. The number of hydrogen-bond acceptors (Lipinski definition) is 6. The molecule has 0 saturated carbocycles. The van der Waals surface area contributed by atoms with Crippen LogP contribution in [-0.4, -0.2) is 38.3 Å². The van der Waals surface area contributed by atoms with Gasteiger partial charge in [0.1, 0.15) is 24.2 Å². The summed E-state index contributed by atoms with van der Waals surface area (Å²) in [6.07, 6.45) is -2.50. The summed E-state index contributed by atoms with van der Waals surface area (Å²) in [6.45, 7) is 0.719. The first-order valence-electron chi connectivity index (χ1n) is 9.35. The standard InChI is InChI=1S/C22H23NO5/c1-24-22-17(12-23)19(25-13-15-8-4-2-5-9-15)20-18(27-22)14-26-21(28-20)16-10-6-3-7-11-16/h2-11,17-22H,13-14H2,1H3/t17-,18+,19-,20+,21?,22-/m0/s1. The lowest BCUT2D eigenvalue weighted by Crippen LogP contribution is -2.60. The van der Waals surface area contributed by atoms with Crippen molar-refractivity contribution in [2.45, 2.75) is 37.5 Å². The van der Waals surface area contributed by atoms with Crippen LogP contribution in [0, 0.1) is 17.2 Å². The van der Waals surface area contributed by atoms with Crippen LogP contribution in [0.15, 0.2) is 60.7 Å². The molecule has 4 rings (SSSR count). The number of hydrogen-bond donors (Lipinski definition) is 0. The monoisotopic (exact) mass is 381 g/mol. The van der Waals surface area contributed by atoms with E-state index >= 15 is 0 Å². The van der Waals surface area contributed by atoms with Crippen LogP contribution < -0.4 is 0 Å². The molecule has 2 aliphatic heterocycles. The molecule has 2 aromatic carbocycles. The van der Waals surface area contributed by atoms with E-state index in [0.717, 1.165) is 11.1 Å². The Bertz CT molecular complexity index is 794. The van der Waals surface area contributed by atoms with Gasteiger partial charge < -0.3 is 23.7 Å². The van der Waals surface area contributed by atoms with Crippen LogP contribution in [0.25, 0.3) is 0 Å². The highest BCUT2D eigenvalue weighted by atomic mass is 16.7. The van der Waals surface area contributed by atoms with E-state index in [1.165, 1.54) is 7.11 Å². The number of nitrogens with zero attached hydrogens (tertiary/aromatic N) is 1. The van der Waals surface area contributed by atoms with Crippen molar-refractivity contribution in [3.8, 4) is 6.07 Å². The second-order valence-corrected chi connectivity index (χ2v) is 6.87. The van der Waals surface area contributed by atoms with Crippen molar-refractivity contribution in [1.29, 1.82) is 5.26 Å². The molecule has 6 atom stereocenters. The summed E-state index contributed by atoms with van der Waals surface area (Å²) in [5.41, 5.74) is 1.95. The fourth-order valence-electron chi connectivity index (χ4n) is 3.66. The number of rotatable bonds is 5. The van der Waals surface area contributed by atoms with Crippen LogP contribution in [0.5, 0.6) is 0 Å². The fourth-order valence-corrected chi connectivity index (χ4v) is 3.66.